The van der Waals surface area contributed by atoms with Crippen LogP contribution in [0.4, 0.5) is 8.78 Å². The summed E-state index contributed by atoms with van der Waals surface area (Å²) in [6, 6.07) is 11.6. The van der Waals surface area contributed by atoms with E-state index in [4.69, 9.17) is 4.42 Å². The van der Waals surface area contributed by atoms with Crippen LogP contribution in [0, 0.1) is 18.6 Å². The molecule has 0 saturated heterocycles. The van der Waals surface area contributed by atoms with Crippen LogP contribution in [0.2, 0.25) is 0 Å². The molecule has 0 unspecified atom stereocenters. The Morgan fingerprint density at radius 3 is 2.48 bits per heavy atom. The molecule has 0 aliphatic rings. The van der Waals surface area contributed by atoms with Gasteiger partial charge in [0, 0.05) is 22.9 Å². The Labute approximate surface area is 131 Å². The van der Waals surface area contributed by atoms with E-state index in [1.54, 1.807) is 23.7 Å². The van der Waals surface area contributed by atoms with Crippen LogP contribution in [-0.2, 0) is 7.05 Å². The molecule has 2 nitrogen and oxygen atoms in total. The second-order valence-corrected chi connectivity index (χ2v) is 5.72. The molecular formula is C19H14F2NO+. The number of aryl methyl sites for hydroxylation is 2. The highest BCUT2D eigenvalue weighted by molar-refractivity contribution is 6.12. The molecule has 0 aliphatic heterocycles. The molecule has 0 aliphatic carbocycles. The van der Waals surface area contributed by atoms with Crippen LogP contribution >= 0.6 is 0 Å². The lowest BCUT2D eigenvalue weighted by Crippen LogP contribution is -2.31. The number of hydrogen-bond donors (Lipinski definition) is 0. The van der Waals surface area contributed by atoms with E-state index in [-0.39, 0.29) is 11.6 Å². The van der Waals surface area contributed by atoms with E-state index < -0.39 is 0 Å². The Hall–Kier alpha value is -2.75. The van der Waals surface area contributed by atoms with E-state index in [1.807, 2.05) is 19.1 Å². The van der Waals surface area contributed by atoms with Gasteiger partial charge in [-0.3, -0.25) is 0 Å². The molecule has 2 aromatic heterocycles. The highest BCUT2D eigenvalue weighted by atomic mass is 19.1. The minimum Gasteiger partial charge on any atom is -0.456 e. The summed E-state index contributed by atoms with van der Waals surface area (Å²) in [6.45, 7) is 2.00. The van der Waals surface area contributed by atoms with Crippen LogP contribution in [0.15, 0.2) is 53.1 Å². The number of benzene rings is 2. The molecule has 0 amide bonds. The summed E-state index contributed by atoms with van der Waals surface area (Å²) in [7, 11) is 1.80. The maximum absolute atomic E-state index is 13.5. The lowest BCUT2D eigenvalue weighted by atomic mass is 9.98. The molecule has 4 rings (SSSR count). The Morgan fingerprint density at radius 1 is 0.913 bits per heavy atom. The summed E-state index contributed by atoms with van der Waals surface area (Å²) in [6.07, 6.45) is 1.44. The third-order valence-electron chi connectivity index (χ3n) is 4.16. The average Bonchev–Trinajstić information content (AvgIpc) is 2.86. The van der Waals surface area contributed by atoms with Gasteiger partial charge in [-0.05, 0) is 36.8 Å². The quantitative estimate of drug-likeness (QED) is 0.467. The van der Waals surface area contributed by atoms with Gasteiger partial charge in [0.1, 0.15) is 24.0 Å². The van der Waals surface area contributed by atoms with Crippen molar-refractivity contribution in [3.8, 4) is 11.3 Å². The van der Waals surface area contributed by atoms with E-state index in [2.05, 4.69) is 0 Å². The molecule has 2 aromatic carbocycles. The number of fused-ring (bicyclic) bond motifs is 3. The summed E-state index contributed by atoms with van der Waals surface area (Å²) < 4.78 is 34.4. The topological polar surface area (TPSA) is 17.0 Å². The van der Waals surface area contributed by atoms with Gasteiger partial charge in [0.15, 0.2) is 5.82 Å². The van der Waals surface area contributed by atoms with Crippen LogP contribution in [0.3, 0.4) is 0 Å². The Kier molecular flexibility index (Phi) is 2.94. The molecule has 0 spiro atoms. The largest absolute Gasteiger partial charge is 0.456 e. The van der Waals surface area contributed by atoms with Crippen molar-refractivity contribution in [1.29, 1.82) is 0 Å². The van der Waals surface area contributed by atoms with E-state index in [1.165, 1.54) is 24.4 Å². The van der Waals surface area contributed by atoms with E-state index in [9.17, 15) is 8.78 Å². The Bertz CT molecular complexity index is 1070. The zero-order valence-corrected chi connectivity index (χ0v) is 12.7. The first-order chi connectivity index (χ1) is 11.0. The molecule has 0 fully saturated rings. The maximum Gasteiger partial charge on any atom is 0.213 e. The van der Waals surface area contributed by atoms with Gasteiger partial charge >= 0.3 is 0 Å². The van der Waals surface area contributed by atoms with E-state index in [0.717, 1.165) is 27.6 Å². The van der Waals surface area contributed by atoms with Gasteiger partial charge in [0.2, 0.25) is 11.9 Å². The van der Waals surface area contributed by atoms with Crippen molar-refractivity contribution in [2.24, 2.45) is 7.05 Å². The molecule has 4 heteroatoms. The van der Waals surface area contributed by atoms with Crippen molar-refractivity contribution < 1.29 is 17.8 Å². The fourth-order valence-corrected chi connectivity index (χ4v) is 3.11. The summed E-state index contributed by atoms with van der Waals surface area (Å²) >= 11 is 0. The van der Waals surface area contributed by atoms with E-state index in [0.29, 0.717) is 11.2 Å². The van der Waals surface area contributed by atoms with Crippen molar-refractivity contribution in [3.63, 3.8) is 0 Å². The average molecular weight is 310 g/mol. The first-order valence-electron chi connectivity index (χ1n) is 7.31. The zero-order chi connectivity index (χ0) is 16.1. The molecular weight excluding hydrogens is 296 g/mol. The Balaban J connectivity index is 2.16. The van der Waals surface area contributed by atoms with Gasteiger partial charge in [0.05, 0.1) is 5.56 Å². The van der Waals surface area contributed by atoms with Crippen molar-refractivity contribution in [2.45, 2.75) is 6.92 Å². The van der Waals surface area contributed by atoms with Crippen molar-refractivity contribution in [1.82, 2.24) is 0 Å². The van der Waals surface area contributed by atoms with Gasteiger partial charge in [0.25, 0.3) is 0 Å². The standard InChI is InChI=1S/C19H14F2NO/c1-11-3-8-16-19(14-6-4-12(20)9-17(14)23-16)18(11)15-7-5-13(21)10-22(15)2/h3-10H,1-2H3/q+1. The van der Waals surface area contributed by atoms with Gasteiger partial charge < -0.3 is 4.42 Å². The second kappa shape index (κ2) is 4.88. The maximum atomic E-state index is 13.5. The van der Waals surface area contributed by atoms with Crippen molar-refractivity contribution >= 4 is 21.9 Å². The zero-order valence-electron chi connectivity index (χ0n) is 12.7. The van der Waals surface area contributed by atoms with E-state index >= 15 is 0 Å². The highest BCUT2D eigenvalue weighted by Gasteiger charge is 2.20. The summed E-state index contributed by atoms with van der Waals surface area (Å²) in [5.74, 6) is -0.623. The fourth-order valence-electron chi connectivity index (χ4n) is 3.11. The predicted molar refractivity (Wildman–Crippen MR) is 85.0 cm³/mol. The smallest absolute Gasteiger partial charge is 0.213 e. The SMILES string of the molecule is Cc1ccc2oc3cc(F)ccc3c2c1-c1ccc(F)c[n+]1C. The second-order valence-electron chi connectivity index (χ2n) is 5.72. The number of aromatic nitrogens is 1. The fraction of sp³-hybridized carbons (Fsp3) is 0.105. The molecule has 0 radical (unpaired) electrons. The monoisotopic (exact) mass is 310 g/mol. The summed E-state index contributed by atoms with van der Waals surface area (Å²) in [5, 5.41) is 1.77. The normalized spacial score (nSPS) is 11.5. The van der Waals surface area contributed by atoms with Crippen LogP contribution in [0.5, 0.6) is 0 Å². The number of pyridine rings is 1. The molecule has 4 aromatic rings. The number of hydrogen-bond acceptors (Lipinski definition) is 1. The van der Waals surface area contributed by atoms with Gasteiger partial charge in [-0.2, -0.15) is 4.57 Å². The van der Waals surface area contributed by atoms with Gasteiger partial charge in [-0.15, -0.1) is 0 Å². The molecule has 0 atom stereocenters. The van der Waals surface area contributed by atoms with Crippen LogP contribution in [0.25, 0.3) is 33.2 Å². The molecule has 23 heavy (non-hydrogen) atoms. The predicted octanol–water partition coefficient (Wildman–Crippen LogP) is 4.66. The molecule has 0 saturated carbocycles. The third kappa shape index (κ3) is 2.10. The minimum absolute atomic E-state index is 0.291. The summed E-state index contributed by atoms with van der Waals surface area (Å²) in [5.41, 5.74) is 4.09. The molecule has 0 bridgehead atoms. The number of rotatable bonds is 1. The lowest BCUT2D eigenvalue weighted by molar-refractivity contribution is -0.661. The summed E-state index contributed by atoms with van der Waals surface area (Å²) in [4.78, 5) is 0. The van der Waals surface area contributed by atoms with Crippen LogP contribution in [-0.4, -0.2) is 0 Å². The minimum atomic E-state index is -0.331. The number of nitrogens with zero attached hydrogens (tertiary/aromatic N) is 1. The van der Waals surface area contributed by atoms with Crippen LogP contribution in [0.1, 0.15) is 5.56 Å². The van der Waals surface area contributed by atoms with Crippen molar-refractivity contribution in [3.05, 3.63) is 65.9 Å². The van der Waals surface area contributed by atoms with Gasteiger partial charge in [-0.25, -0.2) is 8.78 Å². The van der Waals surface area contributed by atoms with Crippen LogP contribution < -0.4 is 4.57 Å². The number of furan rings is 1. The Morgan fingerprint density at radius 2 is 1.70 bits per heavy atom. The van der Waals surface area contributed by atoms with Crippen molar-refractivity contribution in [2.75, 3.05) is 0 Å². The molecule has 114 valence electrons. The van der Waals surface area contributed by atoms with Gasteiger partial charge in [-0.1, -0.05) is 6.07 Å². The first-order valence-corrected chi connectivity index (χ1v) is 7.31. The highest BCUT2D eigenvalue weighted by Crippen LogP contribution is 2.37. The lowest BCUT2D eigenvalue weighted by Gasteiger charge is -2.06. The third-order valence-corrected chi connectivity index (χ3v) is 4.16. The molecule has 0 N–H and O–H groups in total. The number of halogens is 2. The molecule has 2 heterocycles. The first kappa shape index (κ1) is 13.9.